The number of unbranched alkanes of at least 4 members (excludes halogenated alkanes) is 10. The van der Waals surface area contributed by atoms with E-state index in [0.717, 1.165) is 44.9 Å². The highest BCUT2D eigenvalue weighted by atomic mass is 16.3. The zero-order valence-electron chi connectivity index (χ0n) is 14.1. The van der Waals surface area contributed by atoms with Crippen molar-refractivity contribution in [3.8, 4) is 0 Å². The summed E-state index contributed by atoms with van der Waals surface area (Å²) < 4.78 is 0. The van der Waals surface area contributed by atoms with Gasteiger partial charge >= 0.3 is 0 Å². The maximum Gasteiger partial charge on any atom is 0.217 e. The second-order valence-corrected chi connectivity index (χ2v) is 6.34. The molecule has 0 saturated heterocycles. The molecule has 0 aromatic carbocycles. The van der Waals surface area contributed by atoms with Crippen LogP contribution in [0.5, 0.6) is 0 Å². The number of carbonyl (C=O) groups excluding carboxylic acids is 1. The third kappa shape index (κ3) is 17.4. The first-order chi connectivity index (χ1) is 10.2. The van der Waals surface area contributed by atoms with Gasteiger partial charge in [0.05, 0.1) is 6.10 Å². The Kier molecular flexibility index (Phi) is 15.4. The number of amides is 1. The van der Waals surface area contributed by atoms with E-state index in [1.807, 2.05) is 0 Å². The number of primary amides is 1. The van der Waals surface area contributed by atoms with Crippen molar-refractivity contribution in [2.45, 2.75) is 109 Å². The number of aliphatic hydroxyl groups excluding tert-OH is 1. The van der Waals surface area contributed by atoms with Crippen molar-refractivity contribution in [3.05, 3.63) is 0 Å². The fourth-order valence-electron chi connectivity index (χ4n) is 2.69. The van der Waals surface area contributed by atoms with Gasteiger partial charge in [-0.3, -0.25) is 4.79 Å². The normalized spacial score (nSPS) is 12.5. The van der Waals surface area contributed by atoms with Gasteiger partial charge in [0.15, 0.2) is 0 Å². The Labute approximate surface area is 131 Å². The Hall–Kier alpha value is -0.570. The minimum Gasteiger partial charge on any atom is -0.393 e. The molecule has 0 saturated carbocycles. The van der Waals surface area contributed by atoms with Gasteiger partial charge in [-0.05, 0) is 19.3 Å². The topological polar surface area (TPSA) is 63.3 Å². The molecular weight excluding hydrogens is 262 g/mol. The molecule has 3 heteroatoms. The Morgan fingerprint density at radius 3 is 1.71 bits per heavy atom. The molecule has 1 atom stereocenters. The van der Waals surface area contributed by atoms with E-state index >= 15 is 0 Å². The Morgan fingerprint density at radius 2 is 1.24 bits per heavy atom. The maximum absolute atomic E-state index is 10.6. The van der Waals surface area contributed by atoms with Crippen LogP contribution in [0.4, 0.5) is 0 Å². The van der Waals surface area contributed by atoms with Crippen molar-refractivity contribution in [2.24, 2.45) is 5.73 Å². The maximum atomic E-state index is 10.6. The number of hydrogen-bond donors (Lipinski definition) is 2. The summed E-state index contributed by atoms with van der Waals surface area (Å²) in [5.74, 6) is -0.194. The Balaban J connectivity index is 3.16. The third-order valence-corrected chi connectivity index (χ3v) is 4.10. The van der Waals surface area contributed by atoms with Gasteiger partial charge in [0.1, 0.15) is 0 Å². The lowest BCUT2D eigenvalue weighted by atomic mass is 10.0. The summed E-state index contributed by atoms with van der Waals surface area (Å²) in [6, 6.07) is 0. The van der Waals surface area contributed by atoms with E-state index < -0.39 is 0 Å². The molecule has 0 aromatic heterocycles. The first kappa shape index (κ1) is 20.4. The van der Waals surface area contributed by atoms with Crippen LogP contribution in [0, 0.1) is 0 Å². The summed E-state index contributed by atoms with van der Waals surface area (Å²) in [5.41, 5.74) is 5.09. The summed E-state index contributed by atoms with van der Waals surface area (Å²) in [6.07, 6.45) is 16.9. The molecule has 0 radical (unpaired) electrons. The third-order valence-electron chi connectivity index (χ3n) is 4.10. The minimum atomic E-state index is -0.194. The van der Waals surface area contributed by atoms with Crippen LogP contribution in [-0.4, -0.2) is 17.1 Å². The van der Waals surface area contributed by atoms with Crippen LogP contribution >= 0.6 is 0 Å². The van der Waals surface area contributed by atoms with Crippen molar-refractivity contribution in [3.63, 3.8) is 0 Å². The van der Waals surface area contributed by atoms with Crippen LogP contribution in [0.15, 0.2) is 0 Å². The van der Waals surface area contributed by atoms with Crippen molar-refractivity contribution in [1.82, 2.24) is 0 Å². The molecule has 21 heavy (non-hydrogen) atoms. The average Bonchev–Trinajstić information content (AvgIpc) is 2.45. The second-order valence-electron chi connectivity index (χ2n) is 6.34. The molecule has 0 aliphatic rings. The Morgan fingerprint density at radius 1 is 0.810 bits per heavy atom. The molecule has 0 aromatic rings. The minimum absolute atomic E-state index is 0.105. The summed E-state index contributed by atoms with van der Waals surface area (Å²) in [7, 11) is 0. The zero-order valence-corrected chi connectivity index (χ0v) is 14.1. The standard InChI is InChI=1S/C18H37NO2/c1-2-3-4-5-6-8-11-14-17(20)15-12-9-7-10-13-16-18(19)21/h17,20H,2-16H2,1H3,(H2,19,21). The number of carbonyl (C=O) groups is 1. The number of nitrogens with two attached hydrogens (primary N) is 1. The molecular formula is C18H37NO2. The summed E-state index contributed by atoms with van der Waals surface area (Å²) in [6.45, 7) is 2.24. The van der Waals surface area contributed by atoms with Gasteiger partial charge in [-0.15, -0.1) is 0 Å². The second kappa shape index (κ2) is 15.8. The molecule has 0 rings (SSSR count). The van der Waals surface area contributed by atoms with Gasteiger partial charge in [-0.1, -0.05) is 77.6 Å². The molecule has 126 valence electrons. The zero-order chi connectivity index (χ0) is 15.8. The molecule has 0 heterocycles. The summed E-state index contributed by atoms with van der Waals surface area (Å²) in [5, 5.41) is 9.90. The lowest BCUT2D eigenvalue weighted by Crippen LogP contribution is -2.09. The first-order valence-corrected chi connectivity index (χ1v) is 9.13. The van der Waals surface area contributed by atoms with Crippen molar-refractivity contribution >= 4 is 5.91 Å². The lowest BCUT2D eigenvalue weighted by molar-refractivity contribution is -0.118. The van der Waals surface area contributed by atoms with E-state index in [1.54, 1.807) is 0 Å². The van der Waals surface area contributed by atoms with E-state index in [4.69, 9.17) is 5.73 Å². The van der Waals surface area contributed by atoms with Crippen LogP contribution < -0.4 is 5.73 Å². The number of rotatable bonds is 16. The fraction of sp³-hybridized carbons (Fsp3) is 0.944. The fourth-order valence-corrected chi connectivity index (χ4v) is 2.69. The molecule has 0 spiro atoms. The SMILES string of the molecule is CCCCCCCCCC(O)CCCCCCCC(N)=O. The smallest absolute Gasteiger partial charge is 0.217 e. The molecule has 3 N–H and O–H groups in total. The highest BCUT2D eigenvalue weighted by molar-refractivity contribution is 5.73. The van der Waals surface area contributed by atoms with Crippen LogP contribution in [0.1, 0.15) is 103 Å². The first-order valence-electron chi connectivity index (χ1n) is 9.13. The van der Waals surface area contributed by atoms with Crippen molar-refractivity contribution in [2.75, 3.05) is 0 Å². The lowest BCUT2D eigenvalue weighted by Gasteiger charge is -2.10. The molecule has 3 nitrogen and oxygen atoms in total. The van der Waals surface area contributed by atoms with Crippen LogP contribution in [0.25, 0.3) is 0 Å². The average molecular weight is 299 g/mol. The number of aliphatic hydroxyl groups is 1. The molecule has 1 amide bonds. The number of hydrogen-bond acceptors (Lipinski definition) is 2. The van der Waals surface area contributed by atoms with Gasteiger partial charge < -0.3 is 10.8 Å². The molecule has 0 bridgehead atoms. The van der Waals surface area contributed by atoms with Crippen LogP contribution in [-0.2, 0) is 4.79 Å². The van der Waals surface area contributed by atoms with Gasteiger partial charge in [0, 0.05) is 6.42 Å². The predicted octanol–water partition coefficient (Wildman–Crippen LogP) is 4.70. The van der Waals surface area contributed by atoms with Crippen LogP contribution in [0.3, 0.4) is 0 Å². The van der Waals surface area contributed by atoms with E-state index in [9.17, 15) is 9.90 Å². The van der Waals surface area contributed by atoms with E-state index in [0.29, 0.717) is 6.42 Å². The monoisotopic (exact) mass is 299 g/mol. The van der Waals surface area contributed by atoms with Gasteiger partial charge in [-0.2, -0.15) is 0 Å². The highest BCUT2D eigenvalue weighted by Gasteiger charge is 2.03. The predicted molar refractivity (Wildman–Crippen MR) is 90.1 cm³/mol. The Bertz CT molecular complexity index is 231. The largest absolute Gasteiger partial charge is 0.393 e. The molecule has 0 fully saturated rings. The van der Waals surface area contributed by atoms with Gasteiger partial charge in [0.25, 0.3) is 0 Å². The highest BCUT2D eigenvalue weighted by Crippen LogP contribution is 2.14. The van der Waals surface area contributed by atoms with Crippen molar-refractivity contribution < 1.29 is 9.90 Å². The quantitative estimate of drug-likeness (QED) is 0.406. The summed E-state index contributed by atoms with van der Waals surface area (Å²) >= 11 is 0. The van der Waals surface area contributed by atoms with Crippen molar-refractivity contribution in [1.29, 1.82) is 0 Å². The van der Waals surface area contributed by atoms with Gasteiger partial charge in [-0.25, -0.2) is 0 Å². The molecule has 0 aliphatic carbocycles. The molecule has 0 aliphatic heterocycles. The summed E-state index contributed by atoms with van der Waals surface area (Å²) in [4.78, 5) is 10.6. The van der Waals surface area contributed by atoms with E-state index in [1.165, 1.54) is 44.9 Å². The van der Waals surface area contributed by atoms with E-state index in [2.05, 4.69) is 6.92 Å². The van der Waals surface area contributed by atoms with E-state index in [-0.39, 0.29) is 12.0 Å². The van der Waals surface area contributed by atoms with Crippen LogP contribution in [0.2, 0.25) is 0 Å². The molecule has 1 unspecified atom stereocenters. The van der Waals surface area contributed by atoms with Gasteiger partial charge in [0.2, 0.25) is 5.91 Å².